The number of imide groups is 1. The summed E-state index contributed by atoms with van der Waals surface area (Å²) < 4.78 is 0. The van der Waals surface area contributed by atoms with Crippen LogP contribution in [0.1, 0.15) is 5.56 Å². The number of aryl methyl sites for hydroxylation is 1. The summed E-state index contributed by atoms with van der Waals surface area (Å²) in [5, 5.41) is 11.1. The van der Waals surface area contributed by atoms with Crippen molar-refractivity contribution >= 4 is 52.7 Å². The Morgan fingerprint density at radius 3 is 1.47 bits per heavy atom. The lowest BCUT2D eigenvalue weighted by Gasteiger charge is -2.44. The summed E-state index contributed by atoms with van der Waals surface area (Å²) in [6, 6.07) is 17.0. The molecule has 0 spiro atoms. The first kappa shape index (κ1) is 22.3. The zero-order valence-electron chi connectivity index (χ0n) is 17.8. The van der Waals surface area contributed by atoms with Gasteiger partial charge in [0.1, 0.15) is 0 Å². The maximum atomic E-state index is 13.5. The number of hydrogen-bond acceptors (Lipinski definition) is 7. The van der Waals surface area contributed by atoms with Crippen LogP contribution in [0, 0.1) is 6.92 Å². The molecule has 1 heterocycles. The summed E-state index contributed by atoms with van der Waals surface area (Å²) in [6.07, 6.45) is 1.21. The van der Waals surface area contributed by atoms with Gasteiger partial charge in [0.05, 0.1) is 22.7 Å². The molecule has 0 aromatic heterocycles. The molecule has 1 unspecified atom stereocenters. The fraction of sp³-hybridized carbons (Fsp3) is 0.0833. The highest BCUT2D eigenvalue weighted by atomic mass is 16.3. The first-order valence-corrected chi connectivity index (χ1v) is 10.0. The van der Waals surface area contributed by atoms with Crippen LogP contribution in [0.4, 0.5) is 38.0 Å². The molecule has 10 nitrogen and oxygen atoms in total. The topological polar surface area (TPSA) is 123 Å². The van der Waals surface area contributed by atoms with Gasteiger partial charge in [0, 0.05) is 5.69 Å². The average Bonchev–Trinajstić information content (AvgIpc) is 2.83. The van der Waals surface area contributed by atoms with Gasteiger partial charge in [0.25, 0.3) is 0 Å². The van der Waals surface area contributed by atoms with Crippen LogP contribution in [0.3, 0.4) is 0 Å². The Morgan fingerprint density at radius 1 is 0.676 bits per heavy atom. The predicted molar refractivity (Wildman–Crippen MR) is 124 cm³/mol. The number of carbonyl (C=O) groups is 2. The number of anilines is 3. The lowest BCUT2D eigenvalue weighted by atomic mass is 10.2. The zero-order valence-corrected chi connectivity index (χ0v) is 17.8. The minimum absolute atomic E-state index is 0.205. The van der Waals surface area contributed by atoms with E-state index in [0.717, 1.165) is 20.3 Å². The second-order valence-corrected chi connectivity index (χ2v) is 7.26. The highest BCUT2D eigenvalue weighted by Gasteiger charge is 2.45. The van der Waals surface area contributed by atoms with Crippen LogP contribution >= 0.6 is 0 Å². The second-order valence-electron chi connectivity index (χ2n) is 7.26. The number of aliphatic hydroxyl groups is 1. The SMILES string of the molecule is Cc1ccc(N2C(=O)N(c3ccc(N=C=O)cc3)C(=O)N(c3ccc(N=C=O)cc3)C2O)cc1. The number of carbonyl (C=O) groups excluding carboxylic acids is 4. The minimum atomic E-state index is -1.65. The van der Waals surface area contributed by atoms with E-state index in [4.69, 9.17) is 0 Å². The van der Waals surface area contributed by atoms with Gasteiger partial charge >= 0.3 is 12.1 Å². The summed E-state index contributed by atoms with van der Waals surface area (Å²) in [5.74, 6) is 0. The molecule has 10 heteroatoms. The van der Waals surface area contributed by atoms with E-state index in [-0.39, 0.29) is 11.4 Å². The van der Waals surface area contributed by atoms with E-state index in [0.29, 0.717) is 17.1 Å². The van der Waals surface area contributed by atoms with Gasteiger partial charge in [-0.1, -0.05) is 17.7 Å². The van der Waals surface area contributed by atoms with Crippen LogP contribution in [-0.2, 0) is 9.59 Å². The van der Waals surface area contributed by atoms with Crippen LogP contribution < -0.4 is 14.7 Å². The normalized spacial score (nSPS) is 15.6. The van der Waals surface area contributed by atoms with Crippen molar-refractivity contribution in [1.29, 1.82) is 0 Å². The molecule has 3 aromatic carbocycles. The van der Waals surface area contributed by atoms with Crippen LogP contribution in [0.2, 0.25) is 0 Å². The first-order valence-electron chi connectivity index (χ1n) is 10.0. The van der Waals surface area contributed by atoms with Gasteiger partial charge in [0.15, 0.2) is 0 Å². The first-order chi connectivity index (χ1) is 16.4. The van der Waals surface area contributed by atoms with E-state index in [1.54, 1.807) is 24.3 Å². The Balaban J connectivity index is 1.82. The van der Waals surface area contributed by atoms with Gasteiger partial charge in [-0.25, -0.2) is 33.9 Å². The largest absolute Gasteiger partial charge is 0.356 e. The van der Waals surface area contributed by atoms with Crippen molar-refractivity contribution in [1.82, 2.24) is 0 Å². The van der Waals surface area contributed by atoms with Crippen molar-refractivity contribution in [3.8, 4) is 0 Å². The van der Waals surface area contributed by atoms with Crippen LogP contribution in [-0.4, -0.2) is 35.7 Å². The molecule has 0 saturated carbocycles. The van der Waals surface area contributed by atoms with Gasteiger partial charge in [-0.2, -0.15) is 9.98 Å². The number of hydrogen-bond donors (Lipinski definition) is 1. The van der Waals surface area contributed by atoms with Crippen LogP contribution in [0.25, 0.3) is 0 Å². The highest BCUT2D eigenvalue weighted by Crippen LogP contribution is 2.33. The van der Waals surface area contributed by atoms with Crippen molar-refractivity contribution in [2.45, 2.75) is 13.3 Å². The Hall–Kier alpha value is -4.88. The molecule has 3 aromatic rings. The van der Waals surface area contributed by atoms with Crippen LogP contribution in [0.15, 0.2) is 82.8 Å². The van der Waals surface area contributed by atoms with Crippen LogP contribution in [0.5, 0.6) is 0 Å². The van der Waals surface area contributed by atoms with Gasteiger partial charge in [-0.05, 0) is 67.6 Å². The molecule has 1 aliphatic rings. The summed E-state index contributed by atoms with van der Waals surface area (Å²) in [6.45, 7) is 1.88. The molecule has 1 atom stereocenters. The quantitative estimate of drug-likeness (QED) is 0.454. The van der Waals surface area contributed by atoms with Gasteiger partial charge in [-0.3, -0.25) is 0 Å². The van der Waals surface area contributed by atoms with Gasteiger partial charge < -0.3 is 5.11 Å². The molecule has 4 amide bonds. The third-order valence-electron chi connectivity index (χ3n) is 5.15. The highest BCUT2D eigenvalue weighted by molar-refractivity contribution is 6.26. The lowest BCUT2D eigenvalue weighted by Crippen LogP contribution is -2.67. The predicted octanol–water partition coefficient (Wildman–Crippen LogP) is 4.28. The summed E-state index contributed by atoms with van der Waals surface area (Å²) in [7, 11) is 0. The van der Waals surface area contributed by atoms with E-state index in [1.165, 1.54) is 60.7 Å². The van der Waals surface area contributed by atoms with Gasteiger partial charge in [-0.15, -0.1) is 0 Å². The summed E-state index contributed by atoms with van der Waals surface area (Å²) in [5.41, 5.74) is 2.40. The average molecular weight is 455 g/mol. The Labute approximate surface area is 193 Å². The fourth-order valence-corrected chi connectivity index (χ4v) is 3.49. The molecular formula is C24H17N5O5. The van der Waals surface area contributed by atoms with E-state index in [9.17, 15) is 24.3 Å². The van der Waals surface area contributed by atoms with Crippen molar-refractivity contribution in [2.75, 3.05) is 14.7 Å². The standard InChI is InChI=1S/C24H17N5O5/c1-16-2-8-19(9-3-16)27-22(32)28(20-10-4-17(5-11-20)25-14-30)24(34)29(23(27)33)21-12-6-18(7-13-21)26-15-31/h2-13,22,32H,1H3. The molecule has 1 saturated heterocycles. The molecular weight excluding hydrogens is 438 g/mol. The number of urea groups is 2. The number of isocyanates is 2. The van der Waals surface area contributed by atoms with E-state index >= 15 is 0 Å². The maximum Gasteiger partial charge on any atom is 0.340 e. The molecule has 0 bridgehead atoms. The number of rotatable bonds is 5. The smallest absolute Gasteiger partial charge is 0.340 e. The lowest BCUT2D eigenvalue weighted by molar-refractivity contribution is 0.156. The Morgan fingerprint density at radius 2 is 1.06 bits per heavy atom. The molecule has 1 N–H and O–H groups in total. The third-order valence-corrected chi connectivity index (χ3v) is 5.15. The molecule has 4 rings (SSSR count). The number of benzene rings is 3. The second kappa shape index (κ2) is 9.32. The third kappa shape index (κ3) is 4.11. The molecule has 1 fully saturated rings. The monoisotopic (exact) mass is 455 g/mol. The molecule has 0 aliphatic carbocycles. The van der Waals surface area contributed by atoms with E-state index < -0.39 is 18.4 Å². The van der Waals surface area contributed by atoms with Crippen molar-refractivity contribution < 1.29 is 24.3 Å². The van der Waals surface area contributed by atoms with E-state index in [1.807, 2.05) is 6.92 Å². The van der Waals surface area contributed by atoms with Crippen molar-refractivity contribution in [3.63, 3.8) is 0 Å². The molecule has 1 aliphatic heterocycles. The molecule has 0 radical (unpaired) electrons. The molecule has 34 heavy (non-hydrogen) atoms. The number of nitrogens with zero attached hydrogens (tertiary/aromatic N) is 5. The fourth-order valence-electron chi connectivity index (χ4n) is 3.49. The summed E-state index contributed by atoms with van der Waals surface area (Å²) >= 11 is 0. The Kier molecular flexibility index (Phi) is 6.11. The van der Waals surface area contributed by atoms with Crippen molar-refractivity contribution in [3.05, 3.63) is 78.4 Å². The van der Waals surface area contributed by atoms with Crippen molar-refractivity contribution in [2.24, 2.45) is 9.98 Å². The minimum Gasteiger partial charge on any atom is -0.356 e. The number of aliphatic imine (C=N–C) groups is 2. The number of amides is 4. The van der Waals surface area contributed by atoms with E-state index in [2.05, 4.69) is 9.98 Å². The molecule has 168 valence electrons. The van der Waals surface area contributed by atoms with Gasteiger partial charge in [0.2, 0.25) is 18.5 Å². The zero-order chi connectivity index (χ0) is 24.2. The summed E-state index contributed by atoms with van der Waals surface area (Å²) in [4.78, 5) is 58.0. The number of aliphatic hydroxyl groups excluding tert-OH is 1. The Bertz CT molecular complexity index is 1330. The maximum absolute atomic E-state index is 13.5.